The topological polar surface area (TPSA) is 121 Å². The molecule has 2 aliphatic carbocycles. The first-order valence-corrected chi connectivity index (χ1v) is 15.5. The highest BCUT2D eigenvalue weighted by Crippen LogP contribution is 2.48. The molecule has 2 fully saturated rings. The number of esters is 1. The Morgan fingerprint density at radius 3 is 1.51 bits per heavy atom. The van der Waals surface area contributed by atoms with Gasteiger partial charge in [-0.1, -0.05) is 37.1 Å². The third kappa shape index (κ3) is 7.22. The molecular weight excluding hydrogens is 614 g/mol. The van der Waals surface area contributed by atoms with Gasteiger partial charge in [-0.25, -0.2) is 42.3 Å². The summed E-state index contributed by atoms with van der Waals surface area (Å²) in [5.41, 5.74) is 5.76. The van der Waals surface area contributed by atoms with E-state index in [1.807, 2.05) is 0 Å². The zero-order valence-electron chi connectivity index (χ0n) is 25.9. The second-order valence-electron chi connectivity index (χ2n) is 11.9. The van der Waals surface area contributed by atoms with Gasteiger partial charge in [0.2, 0.25) is 0 Å². The first-order chi connectivity index (χ1) is 22.6. The normalized spacial score (nSPS) is 15.8. The quantitative estimate of drug-likeness (QED) is 0.123. The SMILES string of the molecule is CCOC(=O)c1cnc(CC2(c3cccc(F)c3F)CCC2)nc1.NCC(=O)c1cnc(CC2(c3cccc(F)c3F)CCC2)nc1. The number of carbonyl (C=O) groups excluding carboxylic acids is 2. The standard InChI is InChI=1S/C18H18F2N2O2.C17H17F2N3O/c1-2-24-17(23)12-10-21-15(22-11-12)9-18(7-4-8-18)13-5-3-6-14(19)16(13)20;18-13-4-1-3-12(16(13)19)17(5-2-6-17)7-15-21-9-11(10-22-15)14(23)8-20/h3,5-6,10-11H,2,4,7-9H2,1H3;1,3-4,9-10H,2,5-8,20H2. The van der Waals surface area contributed by atoms with E-state index < -0.39 is 40.1 Å². The molecule has 246 valence electrons. The first-order valence-electron chi connectivity index (χ1n) is 15.5. The second-order valence-corrected chi connectivity index (χ2v) is 11.9. The molecule has 12 heteroatoms. The van der Waals surface area contributed by atoms with Crippen molar-refractivity contribution in [1.29, 1.82) is 0 Å². The average Bonchev–Trinajstić information content (AvgIpc) is 3.04. The fourth-order valence-electron chi connectivity index (χ4n) is 6.20. The number of nitrogens with zero attached hydrogens (tertiary/aromatic N) is 4. The number of rotatable bonds is 10. The van der Waals surface area contributed by atoms with Crippen LogP contribution in [0, 0.1) is 23.3 Å². The molecule has 0 bridgehead atoms. The van der Waals surface area contributed by atoms with Crippen LogP contribution in [0.4, 0.5) is 17.6 Å². The van der Waals surface area contributed by atoms with Crippen molar-refractivity contribution in [2.24, 2.45) is 5.73 Å². The fourth-order valence-corrected chi connectivity index (χ4v) is 6.20. The van der Waals surface area contributed by atoms with Crippen LogP contribution in [-0.4, -0.2) is 44.8 Å². The van der Waals surface area contributed by atoms with Crippen LogP contribution < -0.4 is 5.73 Å². The lowest BCUT2D eigenvalue weighted by molar-refractivity contribution is 0.0525. The molecule has 0 atom stereocenters. The van der Waals surface area contributed by atoms with E-state index in [1.165, 1.54) is 36.9 Å². The van der Waals surface area contributed by atoms with Gasteiger partial charge in [-0.15, -0.1) is 0 Å². The highest BCUT2D eigenvalue weighted by Gasteiger charge is 2.43. The summed E-state index contributed by atoms with van der Waals surface area (Å²) in [4.78, 5) is 39.9. The van der Waals surface area contributed by atoms with Crippen molar-refractivity contribution < 1.29 is 31.9 Å². The molecular formula is C35H35F4N5O3. The number of benzene rings is 2. The molecule has 2 aromatic carbocycles. The lowest BCUT2D eigenvalue weighted by Crippen LogP contribution is -2.38. The summed E-state index contributed by atoms with van der Waals surface area (Å²) in [5.74, 6) is -2.93. The van der Waals surface area contributed by atoms with Gasteiger partial charge in [0.1, 0.15) is 11.6 Å². The van der Waals surface area contributed by atoms with Crippen LogP contribution in [0.15, 0.2) is 61.2 Å². The average molecular weight is 650 g/mol. The molecule has 0 spiro atoms. The number of Topliss-reactive ketones (excluding diaryl/α,β-unsaturated/α-hetero) is 1. The van der Waals surface area contributed by atoms with E-state index >= 15 is 0 Å². The fraction of sp³-hybridized carbons (Fsp3) is 0.371. The van der Waals surface area contributed by atoms with Crippen LogP contribution in [0.1, 0.15) is 88.9 Å². The summed E-state index contributed by atoms with van der Waals surface area (Å²) >= 11 is 0. The van der Waals surface area contributed by atoms with Crippen LogP contribution >= 0.6 is 0 Å². The number of ether oxygens (including phenoxy) is 1. The van der Waals surface area contributed by atoms with E-state index in [2.05, 4.69) is 19.9 Å². The predicted molar refractivity (Wildman–Crippen MR) is 165 cm³/mol. The van der Waals surface area contributed by atoms with Crippen molar-refractivity contribution in [2.45, 2.75) is 69.1 Å². The molecule has 0 saturated heterocycles. The van der Waals surface area contributed by atoms with Crippen molar-refractivity contribution in [3.63, 3.8) is 0 Å². The Labute approximate surface area is 269 Å². The molecule has 6 rings (SSSR count). The summed E-state index contributed by atoms with van der Waals surface area (Å²) in [5, 5.41) is 0. The van der Waals surface area contributed by atoms with Crippen molar-refractivity contribution in [2.75, 3.05) is 13.2 Å². The maximum Gasteiger partial charge on any atom is 0.341 e. The molecule has 0 radical (unpaired) electrons. The number of ketones is 1. The lowest BCUT2D eigenvalue weighted by Gasteiger charge is -2.42. The number of halogens is 4. The summed E-state index contributed by atoms with van der Waals surface area (Å²) in [6.45, 7) is 1.91. The summed E-state index contributed by atoms with van der Waals surface area (Å²) < 4.78 is 60.3. The van der Waals surface area contributed by atoms with Crippen molar-refractivity contribution in [3.8, 4) is 0 Å². The zero-order valence-corrected chi connectivity index (χ0v) is 25.9. The molecule has 8 nitrogen and oxygen atoms in total. The lowest BCUT2D eigenvalue weighted by atomic mass is 9.62. The maximum absolute atomic E-state index is 14.2. The highest BCUT2D eigenvalue weighted by atomic mass is 19.2. The van der Waals surface area contributed by atoms with Crippen LogP contribution in [0.3, 0.4) is 0 Å². The van der Waals surface area contributed by atoms with E-state index in [0.717, 1.165) is 50.7 Å². The van der Waals surface area contributed by atoms with Gasteiger partial charge < -0.3 is 10.5 Å². The minimum atomic E-state index is -0.836. The van der Waals surface area contributed by atoms with Gasteiger partial charge in [0.25, 0.3) is 0 Å². The number of hydrogen-bond donors (Lipinski definition) is 1. The van der Waals surface area contributed by atoms with Gasteiger partial charge in [0.15, 0.2) is 29.1 Å². The molecule has 2 aliphatic rings. The van der Waals surface area contributed by atoms with Crippen molar-refractivity contribution in [3.05, 3.63) is 118 Å². The predicted octanol–water partition coefficient (Wildman–Crippen LogP) is 6.16. The molecule has 0 amide bonds. The third-order valence-electron chi connectivity index (χ3n) is 9.09. The number of aromatic nitrogens is 4. The second kappa shape index (κ2) is 14.5. The largest absolute Gasteiger partial charge is 0.462 e. The highest BCUT2D eigenvalue weighted by molar-refractivity contribution is 5.96. The summed E-state index contributed by atoms with van der Waals surface area (Å²) in [7, 11) is 0. The molecule has 2 N–H and O–H groups in total. The van der Waals surface area contributed by atoms with E-state index in [1.54, 1.807) is 19.1 Å². The Morgan fingerprint density at radius 1 is 0.723 bits per heavy atom. The van der Waals surface area contributed by atoms with Crippen LogP contribution in [0.25, 0.3) is 0 Å². The number of nitrogens with two attached hydrogens (primary N) is 1. The van der Waals surface area contributed by atoms with Gasteiger partial charge >= 0.3 is 5.97 Å². The molecule has 4 aromatic rings. The molecule has 2 heterocycles. The van der Waals surface area contributed by atoms with Crippen molar-refractivity contribution >= 4 is 11.8 Å². The van der Waals surface area contributed by atoms with Gasteiger partial charge in [0.05, 0.1) is 24.3 Å². The van der Waals surface area contributed by atoms with Gasteiger partial charge in [0, 0.05) is 48.5 Å². The Balaban J connectivity index is 0.000000185. The maximum atomic E-state index is 14.2. The van der Waals surface area contributed by atoms with Gasteiger partial charge in [-0.3, -0.25) is 4.79 Å². The molecule has 2 saturated carbocycles. The van der Waals surface area contributed by atoms with E-state index in [9.17, 15) is 27.2 Å². The van der Waals surface area contributed by atoms with Crippen LogP contribution in [0.5, 0.6) is 0 Å². The summed E-state index contributed by atoms with van der Waals surface area (Å²) in [6.07, 6.45) is 11.5. The third-order valence-corrected chi connectivity index (χ3v) is 9.09. The Bertz CT molecular complexity index is 1730. The first kappa shape index (κ1) is 33.8. The van der Waals surface area contributed by atoms with E-state index in [4.69, 9.17) is 10.5 Å². The molecule has 0 aliphatic heterocycles. The Morgan fingerprint density at radius 2 is 1.15 bits per heavy atom. The monoisotopic (exact) mass is 649 g/mol. The van der Waals surface area contributed by atoms with E-state index in [-0.39, 0.29) is 24.5 Å². The van der Waals surface area contributed by atoms with E-state index in [0.29, 0.717) is 41.2 Å². The van der Waals surface area contributed by atoms with Crippen LogP contribution in [-0.2, 0) is 28.4 Å². The molecule has 0 unspecified atom stereocenters. The number of carbonyl (C=O) groups is 2. The van der Waals surface area contributed by atoms with Crippen molar-refractivity contribution in [1.82, 2.24) is 19.9 Å². The van der Waals surface area contributed by atoms with Crippen LogP contribution in [0.2, 0.25) is 0 Å². The van der Waals surface area contributed by atoms with Gasteiger partial charge in [-0.2, -0.15) is 0 Å². The minimum absolute atomic E-state index is 0.0961. The molecule has 47 heavy (non-hydrogen) atoms. The zero-order chi connectivity index (χ0) is 33.6. The Kier molecular flexibility index (Phi) is 10.4. The summed E-state index contributed by atoms with van der Waals surface area (Å²) in [6, 6.07) is 8.55. The minimum Gasteiger partial charge on any atom is -0.462 e. The molecule has 2 aromatic heterocycles. The smallest absolute Gasteiger partial charge is 0.341 e. The number of hydrogen-bond acceptors (Lipinski definition) is 8. The Hall–Kier alpha value is -4.58. The van der Waals surface area contributed by atoms with Gasteiger partial charge in [-0.05, 0) is 55.9 Å².